The first kappa shape index (κ1) is 19.2. The summed E-state index contributed by atoms with van der Waals surface area (Å²) in [6.07, 6.45) is 5.21. The Balaban J connectivity index is 1.30. The summed E-state index contributed by atoms with van der Waals surface area (Å²) in [5, 5.41) is 11.2. The van der Waals surface area contributed by atoms with Crippen molar-refractivity contribution < 1.29 is 9.53 Å². The number of nitrogens with zero attached hydrogens (tertiary/aromatic N) is 4. The van der Waals surface area contributed by atoms with Crippen molar-refractivity contribution in [3.63, 3.8) is 0 Å². The van der Waals surface area contributed by atoms with Crippen molar-refractivity contribution in [2.75, 3.05) is 18.5 Å². The minimum Gasteiger partial charge on any atom is -0.379 e. The molecule has 1 aliphatic heterocycles. The van der Waals surface area contributed by atoms with Crippen molar-refractivity contribution in [1.82, 2.24) is 25.1 Å². The van der Waals surface area contributed by atoms with Gasteiger partial charge in [-0.3, -0.25) is 10.3 Å². The molecule has 2 atom stereocenters. The van der Waals surface area contributed by atoms with E-state index < -0.39 is 0 Å². The first-order chi connectivity index (χ1) is 15.2. The van der Waals surface area contributed by atoms with Crippen LogP contribution in [-0.2, 0) is 4.74 Å². The lowest BCUT2D eigenvalue weighted by atomic mass is 9.94. The molecule has 0 bridgehead atoms. The SMILES string of the molecule is Cc1cc(-n2ncc3cc(NC(=O)N[C@H]4COC[C@@H]4c4ccccc4)ncc32)ccn1. The van der Waals surface area contributed by atoms with E-state index >= 15 is 0 Å². The number of carbonyl (C=O) groups is 1. The van der Waals surface area contributed by atoms with Crippen LogP contribution in [0.25, 0.3) is 16.6 Å². The molecule has 0 saturated carbocycles. The number of urea groups is 1. The van der Waals surface area contributed by atoms with Gasteiger partial charge in [0.15, 0.2) is 0 Å². The van der Waals surface area contributed by atoms with Gasteiger partial charge in [0.2, 0.25) is 0 Å². The molecule has 0 aliphatic carbocycles. The molecular weight excluding hydrogens is 392 g/mol. The highest BCUT2D eigenvalue weighted by Gasteiger charge is 2.30. The number of anilines is 1. The molecule has 2 N–H and O–H groups in total. The Morgan fingerprint density at radius 2 is 1.97 bits per heavy atom. The third-order valence-corrected chi connectivity index (χ3v) is 5.45. The predicted octanol–water partition coefficient (Wildman–Crippen LogP) is 3.43. The molecule has 0 radical (unpaired) electrons. The fraction of sp³-hybridized carbons (Fsp3) is 0.217. The average Bonchev–Trinajstić information content (AvgIpc) is 3.41. The number of aryl methyl sites for hydroxylation is 1. The second-order valence-electron chi connectivity index (χ2n) is 7.60. The molecule has 8 nitrogen and oxygen atoms in total. The fourth-order valence-electron chi connectivity index (χ4n) is 3.91. The van der Waals surface area contributed by atoms with E-state index in [1.165, 1.54) is 0 Å². The lowest BCUT2D eigenvalue weighted by Crippen LogP contribution is -2.41. The van der Waals surface area contributed by atoms with Gasteiger partial charge in [0.1, 0.15) is 5.82 Å². The van der Waals surface area contributed by atoms with Gasteiger partial charge in [0.25, 0.3) is 0 Å². The third-order valence-electron chi connectivity index (χ3n) is 5.45. The Hall–Kier alpha value is -3.78. The monoisotopic (exact) mass is 414 g/mol. The van der Waals surface area contributed by atoms with Gasteiger partial charge in [0, 0.05) is 23.2 Å². The largest absolute Gasteiger partial charge is 0.379 e. The Morgan fingerprint density at radius 1 is 1.10 bits per heavy atom. The van der Waals surface area contributed by atoms with Gasteiger partial charge in [-0.15, -0.1) is 0 Å². The maximum atomic E-state index is 12.6. The Labute approximate surface area is 179 Å². The van der Waals surface area contributed by atoms with Gasteiger partial charge >= 0.3 is 6.03 Å². The van der Waals surface area contributed by atoms with E-state index in [4.69, 9.17) is 4.74 Å². The molecular formula is C23H22N6O2. The van der Waals surface area contributed by atoms with Crippen molar-refractivity contribution in [2.45, 2.75) is 18.9 Å². The van der Waals surface area contributed by atoms with E-state index in [-0.39, 0.29) is 18.0 Å². The normalized spacial score (nSPS) is 18.2. The number of aromatic nitrogens is 4. The number of rotatable bonds is 4. The number of hydrogen-bond donors (Lipinski definition) is 2. The summed E-state index contributed by atoms with van der Waals surface area (Å²) in [5.74, 6) is 0.593. The summed E-state index contributed by atoms with van der Waals surface area (Å²) < 4.78 is 7.42. The molecule has 1 aliphatic rings. The number of pyridine rings is 2. The lowest BCUT2D eigenvalue weighted by molar-refractivity contribution is 0.187. The second kappa shape index (κ2) is 8.16. The van der Waals surface area contributed by atoms with Crippen molar-refractivity contribution in [3.05, 3.63) is 78.4 Å². The van der Waals surface area contributed by atoms with E-state index in [2.05, 4.69) is 37.8 Å². The molecule has 1 saturated heterocycles. The molecule has 2 amide bonds. The van der Waals surface area contributed by atoms with Crippen molar-refractivity contribution in [3.8, 4) is 5.69 Å². The summed E-state index contributed by atoms with van der Waals surface area (Å²) in [7, 11) is 0. The van der Waals surface area contributed by atoms with E-state index in [0.29, 0.717) is 19.0 Å². The van der Waals surface area contributed by atoms with Gasteiger partial charge in [-0.25, -0.2) is 14.5 Å². The van der Waals surface area contributed by atoms with Crippen LogP contribution in [0.1, 0.15) is 17.2 Å². The molecule has 156 valence electrons. The van der Waals surface area contributed by atoms with Crippen LogP contribution < -0.4 is 10.6 Å². The number of fused-ring (bicyclic) bond motifs is 1. The van der Waals surface area contributed by atoms with Crippen molar-refractivity contribution in [1.29, 1.82) is 0 Å². The zero-order valence-electron chi connectivity index (χ0n) is 17.0. The average molecular weight is 414 g/mol. The molecule has 1 aromatic carbocycles. The van der Waals surface area contributed by atoms with Crippen LogP contribution in [0.15, 0.2) is 67.1 Å². The quantitative estimate of drug-likeness (QED) is 0.534. The summed E-state index contributed by atoms with van der Waals surface area (Å²) in [6.45, 7) is 3.01. The number of nitrogens with one attached hydrogen (secondary N) is 2. The summed E-state index contributed by atoms with van der Waals surface area (Å²) in [4.78, 5) is 21.2. The fourth-order valence-corrected chi connectivity index (χ4v) is 3.91. The van der Waals surface area contributed by atoms with Crippen molar-refractivity contribution >= 4 is 22.8 Å². The number of amides is 2. The molecule has 0 spiro atoms. The van der Waals surface area contributed by atoms with E-state index in [0.717, 1.165) is 27.8 Å². The van der Waals surface area contributed by atoms with Crippen molar-refractivity contribution in [2.24, 2.45) is 0 Å². The maximum absolute atomic E-state index is 12.6. The van der Waals surface area contributed by atoms with Crippen LogP contribution in [0.4, 0.5) is 10.6 Å². The minimum atomic E-state index is -0.305. The van der Waals surface area contributed by atoms with Gasteiger partial charge in [-0.2, -0.15) is 5.10 Å². The second-order valence-corrected chi connectivity index (χ2v) is 7.60. The zero-order valence-corrected chi connectivity index (χ0v) is 17.0. The minimum absolute atomic E-state index is 0.0937. The standard InChI is InChI=1S/C23H22N6O2/c1-15-9-18(7-8-24-15)29-21-12-25-22(10-17(21)11-26-29)28-23(30)27-20-14-31-13-19(20)16-5-3-2-4-6-16/h2-12,19-20H,13-14H2,1H3,(H2,25,27,28,30)/t19-,20+/m1/s1. The highest BCUT2D eigenvalue weighted by Crippen LogP contribution is 2.26. The first-order valence-corrected chi connectivity index (χ1v) is 10.1. The van der Waals surface area contributed by atoms with E-state index in [1.54, 1.807) is 23.3 Å². The zero-order chi connectivity index (χ0) is 21.2. The molecule has 1 fully saturated rings. The van der Waals surface area contributed by atoms with Gasteiger partial charge < -0.3 is 10.1 Å². The Kier molecular flexibility index (Phi) is 5.05. The van der Waals surface area contributed by atoms with Crippen LogP contribution in [0, 0.1) is 6.92 Å². The van der Waals surface area contributed by atoms with Crippen LogP contribution in [0.3, 0.4) is 0 Å². The van der Waals surface area contributed by atoms with Gasteiger partial charge in [-0.1, -0.05) is 30.3 Å². The van der Waals surface area contributed by atoms with Gasteiger partial charge in [-0.05, 0) is 30.7 Å². The van der Waals surface area contributed by atoms with Gasteiger partial charge in [0.05, 0.1) is 42.9 Å². The first-order valence-electron chi connectivity index (χ1n) is 10.1. The number of benzene rings is 1. The molecule has 4 aromatic rings. The van der Waals surface area contributed by atoms with Crippen LogP contribution in [0.2, 0.25) is 0 Å². The topological polar surface area (TPSA) is 94.0 Å². The Morgan fingerprint density at radius 3 is 2.81 bits per heavy atom. The predicted molar refractivity (Wildman–Crippen MR) is 117 cm³/mol. The number of hydrogen-bond acceptors (Lipinski definition) is 5. The number of ether oxygens (including phenoxy) is 1. The third kappa shape index (κ3) is 3.97. The highest BCUT2D eigenvalue weighted by atomic mass is 16.5. The molecule has 31 heavy (non-hydrogen) atoms. The van der Waals surface area contributed by atoms with Crippen LogP contribution >= 0.6 is 0 Å². The molecule has 4 heterocycles. The number of carbonyl (C=O) groups excluding carboxylic acids is 1. The Bertz CT molecular complexity index is 1220. The maximum Gasteiger partial charge on any atom is 0.320 e. The van der Waals surface area contributed by atoms with Crippen LogP contribution in [-0.4, -0.2) is 45.0 Å². The van der Waals surface area contributed by atoms with Crippen LogP contribution in [0.5, 0.6) is 0 Å². The highest BCUT2D eigenvalue weighted by molar-refractivity contribution is 5.91. The lowest BCUT2D eigenvalue weighted by Gasteiger charge is -2.19. The molecule has 0 unspecified atom stereocenters. The smallest absolute Gasteiger partial charge is 0.320 e. The molecule has 5 rings (SSSR count). The molecule has 3 aromatic heterocycles. The van der Waals surface area contributed by atoms with E-state index in [1.807, 2.05) is 43.3 Å². The summed E-state index contributed by atoms with van der Waals surface area (Å²) in [5.41, 5.74) is 3.83. The summed E-state index contributed by atoms with van der Waals surface area (Å²) in [6, 6.07) is 15.4. The van der Waals surface area contributed by atoms with E-state index in [9.17, 15) is 4.79 Å². The molecule has 8 heteroatoms. The summed E-state index contributed by atoms with van der Waals surface area (Å²) >= 11 is 0.